The number of hydrogen-bond acceptors (Lipinski definition) is 4. The van der Waals surface area contributed by atoms with Crippen LogP contribution in [0.4, 0.5) is 5.69 Å². The summed E-state index contributed by atoms with van der Waals surface area (Å²) in [6.07, 6.45) is 1.66. The summed E-state index contributed by atoms with van der Waals surface area (Å²) >= 11 is 11.9. The van der Waals surface area contributed by atoms with Crippen LogP contribution in [-0.4, -0.2) is 40.3 Å². The topological polar surface area (TPSA) is 75.7 Å². The van der Waals surface area contributed by atoms with Gasteiger partial charge in [0, 0.05) is 13.0 Å². The minimum atomic E-state index is -3.52. The lowest BCUT2D eigenvalue weighted by atomic mass is 10.1. The summed E-state index contributed by atoms with van der Waals surface area (Å²) in [6, 6.07) is 10.5. The van der Waals surface area contributed by atoms with Crippen molar-refractivity contribution in [3.63, 3.8) is 0 Å². The van der Waals surface area contributed by atoms with Crippen LogP contribution in [0.3, 0.4) is 0 Å². The Morgan fingerprint density at radius 1 is 1.07 bits per heavy atom. The number of sulfonamides is 1. The van der Waals surface area contributed by atoms with Crippen LogP contribution in [0.25, 0.3) is 0 Å². The molecule has 0 spiro atoms. The molecule has 0 radical (unpaired) electrons. The molecule has 0 unspecified atom stereocenters. The summed E-state index contributed by atoms with van der Waals surface area (Å²) in [6.45, 7) is 4.93. The van der Waals surface area contributed by atoms with Gasteiger partial charge in [-0.3, -0.25) is 9.10 Å². The van der Waals surface area contributed by atoms with Gasteiger partial charge in [-0.05, 0) is 61.7 Å². The first-order valence-corrected chi connectivity index (χ1v) is 12.1. The highest BCUT2D eigenvalue weighted by Gasteiger charge is 2.18. The van der Waals surface area contributed by atoms with Crippen molar-refractivity contribution < 1.29 is 17.9 Å². The highest BCUT2D eigenvalue weighted by Crippen LogP contribution is 2.28. The van der Waals surface area contributed by atoms with Gasteiger partial charge in [0.25, 0.3) is 0 Å². The maximum atomic E-state index is 12.1. The Balaban J connectivity index is 1.78. The van der Waals surface area contributed by atoms with Gasteiger partial charge in [0.05, 0.1) is 28.5 Å². The first-order chi connectivity index (χ1) is 14.1. The Bertz CT molecular complexity index is 996. The van der Waals surface area contributed by atoms with E-state index in [9.17, 15) is 13.2 Å². The highest BCUT2D eigenvalue weighted by atomic mass is 35.5. The number of amides is 1. The van der Waals surface area contributed by atoms with Crippen LogP contribution >= 0.6 is 23.2 Å². The molecule has 1 N–H and O–H groups in total. The molecule has 2 aromatic rings. The molecule has 0 fully saturated rings. The average molecular weight is 473 g/mol. The molecule has 1 amide bonds. The standard InChI is InChI=1S/C21H26Cl2N2O4S/c1-15-6-8-18(13-16(15)2)29-12-10-24-21(26)5-4-11-25(30(3,27)28)17-7-9-19(22)20(23)14-17/h6-9,13-14H,4-5,10-12H2,1-3H3,(H,24,26). The minimum absolute atomic E-state index is 0.156. The molecule has 0 atom stereocenters. The van der Waals surface area contributed by atoms with Crippen molar-refractivity contribution >= 4 is 44.8 Å². The number of benzene rings is 2. The first kappa shape index (κ1) is 24.3. The van der Waals surface area contributed by atoms with Crippen molar-refractivity contribution in [3.8, 4) is 5.75 Å². The van der Waals surface area contributed by atoms with Crippen molar-refractivity contribution in [1.29, 1.82) is 0 Å². The Kier molecular flexibility index (Phi) is 8.82. The third kappa shape index (κ3) is 7.38. The predicted molar refractivity (Wildman–Crippen MR) is 122 cm³/mol. The molecule has 164 valence electrons. The van der Waals surface area contributed by atoms with E-state index >= 15 is 0 Å². The van der Waals surface area contributed by atoms with E-state index in [1.54, 1.807) is 12.1 Å². The SMILES string of the molecule is Cc1ccc(OCCNC(=O)CCCN(c2ccc(Cl)c(Cl)c2)S(C)(=O)=O)cc1C. The Morgan fingerprint density at radius 3 is 2.43 bits per heavy atom. The van der Waals surface area contributed by atoms with Crippen molar-refractivity contribution in [2.75, 3.05) is 30.3 Å². The number of carbonyl (C=O) groups is 1. The number of carbonyl (C=O) groups excluding carboxylic acids is 1. The maximum absolute atomic E-state index is 12.1. The van der Waals surface area contributed by atoms with Gasteiger partial charge in [0.2, 0.25) is 15.9 Å². The van der Waals surface area contributed by atoms with Crippen LogP contribution in [0.2, 0.25) is 10.0 Å². The summed E-state index contributed by atoms with van der Waals surface area (Å²) in [4.78, 5) is 12.0. The molecule has 9 heteroatoms. The fourth-order valence-electron chi connectivity index (χ4n) is 2.76. The van der Waals surface area contributed by atoms with Gasteiger partial charge in [-0.25, -0.2) is 8.42 Å². The number of anilines is 1. The second-order valence-corrected chi connectivity index (χ2v) is 9.70. The molecule has 2 aromatic carbocycles. The van der Waals surface area contributed by atoms with Crippen molar-refractivity contribution in [1.82, 2.24) is 5.32 Å². The lowest BCUT2D eigenvalue weighted by molar-refractivity contribution is -0.121. The lowest BCUT2D eigenvalue weighted by Crippen LogP contribution is -2.32. The Morgan fingerprint density at radius 2 is 1.80 bits per heavy atom. The number of hydrogen-bond donors (Lipinski definition) is 1. The van der Waals surface area contributed by atoms with E-state index in [2.05, 4.69) is 5.32 Å². The third-order valence-corrected chi connectivity index (χ3v) is 6.46. The molecule has 0 aliphatic heterocycles. The van der Waals surface area contributed by atoms with E-state index in [-0.39, 0.29) is 23.9 Å². The number of nitrogens with zero attached hydrogens (tertiary/aromatic N) is 1. The van der Waals surface area contributed by atoms with E-state index in [1.165, 1.54) is 15.9 Å². The maximum Gasteiger partial charge on any atom is 0.232 e. The largest absolute Gasteiger partial charge is 0.492 e. The second-order valence-electron chi connectivity index (χ2n) is 6.98. The van der Waals surface area contributed by atoms with Gasteiger partial charge >= 0.3 is 0 Å². The molecular formula is C21H26Cl2N2O4S. The molecular weight excluding hydrogens is 447 g/mol. The number of halogens is 2. The van der Waals surface area contributed by atoms with E-state index in [1.807, 2.05) is 32.0 Å². The van der Waals surface area contributed by atoms with Crippen molar-refractivity contribution in [2.24, 2.45) is 0 Å². The summed E-state index contributed by atoms with van der Waals surface area (Å²) in [7, 11) is -3.52. The van der Waals surface area contributed by atoms with Crippen LogP contribution in [-0.2, 0) is 14.8 Å². The second kappa shape index (κ2) is 10.9. The molecule has 0 saturated heterocycles. The molecule has 0 aromatic heterocycles. The summed E-state index contributed by atoms with van der Waals surface area (Å²) < 4.78 is 31.1. The summed E-state index contributed by atoms with van der Waals surface area (Å²) in [5.74, 6) is 0.596. The van der Waals surface area contributed by atoms with Crippen LogP contribution < -0.4 is 14.4 Å². The molecule has 0 bridgehead atoms. The molecule has 30 heavy (non-hydrogen) atoms. The Hall–Kier alpha value is -1.96. The van der Waals surface area contributed by atoms with Crippen LogP contribution in [0, 0.1) is 13.8 Å². The van der Waals surface area contributed by atoms with Gasteiger partial charge < -0.3 is 10.1 Å². The molecule has 0 saturated carbocycles. The number of aryl methyl sites for hydroxylation is 2. The van der Waals surface area contributed by atoms with Gasteiger partial charge in [-0.15, -0.1) is 0 Å². The van der Waals surface area contributed by atoms with Crippen LogP contribution in [0.5, 0.6) is 5.75 Å². The number of nitrogens with one attached hydrogen (secondary N) is 1. The van der Waals surface area contributed by atoms with Gasteiger partial charge in [0.1, 0.15) is 12.4 Å². The zero-order valence-corrected chi connectivity index (χ0v) is 19.6. The van der Waals surface area contributed by atoms with Gasteiger partial charge in [-0.1, -0.05) is 29.3 Å². The summed E-state index contributed by atoms with van der Waals surface area (Å²) in [5, 5.41) is 3.39. The highest BCUT2D eigenvalue weighted by molar-refractivity contribution is 7.92. The Labute approximate surface area is 188 Å². The predicted octanol–water partition coefficient (Wildman–Crippen LogP) is 4.35. The number of rotatable bonds is 10. The summed E-state index contributed by atoms with van der Waals surface area (Å²) in [5.41, 5.74) is 2.75. The molecule has 0 heterocycles. The smallest absolute Gasteiger partial charge is 0.232 e. The van der Waals surface area contributed by atoms with Gasteiger partial charge in [-0.2, -0.15) is 0 Å². The monoisotopic (exact) mass is 472 g/mol. The van der Waals surface area contributed by atoms with E-state index in [4.69, 9.17) is 27.9 Å². The molecule has 0 aliphatic rings. The van der Waals surface area contributed by atoms with Crippen molar-refractivity contribution in [2.45, 2.75) is 26.7 Å². The van der Waals surface area contributed by atoms with Crippen LogP contribution in [0.1, 0.15) is 24.0 Å². The van der Waals surface area contributed by atoms with Crippen LogP contribution in [0.15, 0.2) is 36.4 Å². The van der Waals surface area contributed by atoms with Crippen molar-refractivity contribution in [3.05, 3.63) is 57.6 Å². The normalized spacial score (nSPS) is 11.2. The van der Waals surface area contributed by atoms with E-state index in [0.29, 0.717) is 30.3 Å². The minimum Gasteiger partial charge on any atom is -0.492 e. The van der Waals surface area contributed by atoms with E-state index < -0.39 is 10.0 Å². The zero-order valence-electron chi connectivity index (χ0n) is 17.2. The van der Waals surface area contributed by atoms with E-state index in [0.717, 1.165) is 17.6 Å². The fraction of sp³-hybridized carbons (Fsp3) is 0.381. The number of ether oxygens (including phenoxy) is 1. The molecule has 6 nitrogen and oxygen atoms in total. The molecule has 0 aliphatic carbocycles. The average Bonchev–Trinajstić information content (AvgIpc) is 2.66. The third-order valence-electron chi connectivity index (χ3n) is 4.53. The first-order valence-electron chi connectivity index (χ1n) is 9.47. The zero-order chi connectivity index (χ0) is 22.3. The van der Waals surface area contributed by atoms with Gasteiger partial charge in [0.15, 0.2) is 0 Å². The molecule has 2 rings (SSSR count). The fourth-order valence-corrected chi connectivity index (χ4v) is 4.01. The quantitative estimate of drug-likeness (QED) is 0.521. The lowest BCUT2D eigenvalue weighted by Gasteiger charge is -2.22.